The second kappa shape index (κ2) is 8.82. The Hall–Kier alpha value is -3.71. The molecule has 0 radical (unpaired) electrons. The Morgan fingerprint density at radius 3 is 2.49 bits per heavy atom. The van der Waals surface area contributed by atoms with Gasteiger partial charge in [0.25, 0.3) is 5.91 Å². The minimum atomic E-state index is -1.16. The number of anilines is 1. The van der Waals surface area contributed by atoms with E-state index in [0.717, 1.165) is 32.8 Å². The summed E-state index contributed by atoms with van der Waals surface area (Å²) in [6.45, 7) is 8.49. The Balaban J connectivity index is 1.56. The van der Waals surface area contributed by atoms with Crippen LogP contribution in [-0.4, -0.2) is 27.1 Å². The van der Waals surface area contributed by atoms with Gasteiger partial charge in [0.15, 0.2) is 0 Å². The predicted molar refractivity (Wildman–Crippen MR) is 140 cm³/mol. The van der Waals surface area contributed by atoms with Gasteiger partial charge in [-0.25, -0.2) is 0 Å². The van der Waals surface area contributed by atoms with Gasteiger partial charge >= 0.3 is 0 Å². The molecule has 4 aromatic rings. The molecule has 0 unspecified atom stereocenters. The third-order valence-electron chi connectivity index (χ3n) is 6.42. The van der Waals surface area contributed by atoms with E-state index >= 15 is 0 Å². The first-order valence-electron chi connectivity index (χ1n) is 11.6. The molecule has 0 saturated heterocycles. The molecule has 0 aliphatic carbocycles. The first kappa shape index (κ1) is 23.1. The van der Waals surface area contributed by atoms with Crippen molar-refractivity contribution in [3.8, 4) is 10.6 Å². The number of carbonyl (C=O) groups is 2. The lowest BCUT2D eigenvalue weighted by atomic mass is 9.93. The third-order valence-corrected chi connectivity index (χ3v) is 7.31. The molecule has 178 valence electrons. The van der Waals surface area contributed by atoms with Crippen LogP contribution in [0.5, 0.6) is 0 Å². The summed E-state index contributed by atoms with van der Waals surface area (Å²) < 4.78 is 1.68. The molecule has 0 spiro atoms. The Kier molecular flexibility index (Phi) is 5.81. The van der Waals surface area contributed by atoms with Gasteiger partial charge in [0.2, 0.25) is 5.91 Å². The maximum Gasteiger partial charge on any atom is 0.277 e. The molecule has 35 heavy (non-hydrogen) atoms. The number of thiophene rings is 1. The highest BCUT2D eigenvalue weighted by atomic mass is 32.1. The van der Waals surface area contributed by atoms with Gasteiger partial charge in [0.1, 0.15) is 16.9 Å². The van der Waals surface area contributed by atoms with E-state index in [0.29, 0.717) is 17.9 Å². The van der Waals surface area contributed by atoms with Crippen LogP contribution in [-0.2, 0) is 17.9 Å². The van der Waals surface area contributed by atoms with Gasteiger partial charge in [-0.15, -0.1) is 11.3 Å². The molecule has 2 amide bonds. The SMILES string of the molecule is Cc1cccc(CNC(=O)[C@]2(C)Cn3nc(-c4cccs4)cc3C(=O)N2c2cc(C)cc(C)c2)c1. The molecule has 3 heterocycles. The second-order valence-corrected chi connectivity index (χ2v) is 10.4. The summed E-state index contributed by atoms with van der Waals surface area (Å²) in [7, 11) is 0. The lowest BCUT2D eigenvalue weighted by molar-refractivity contribution is -0.126. The quantitative estimate of drug-likeness (QED) is 0.420. The monoisotopic (exact) mass is 484 g/mol. The third kappa shape index (κ3) is 4.28. The number of nitrogens with one attached hydrogen (secondary N) is 1. The van der Waals surface area contributed by atoms with Crippen LogP contribution >= 0.6 is 11.3 Å². The van der Waals surface area contributed by atoms with Gasteiger partial charge in [-0.3, -0.25) is 19.2 Å². The Labute approximate surface area is 209 Å². The number of aromatic nitrogens is 2. The summed E-state index contributed by atoms with van der Waals surface area (Å²) in [6, 6.07) is 19.8. The van der Waals surface area contributed by atoms with Gasteiger partial charge in [0, 0.05) is 12.2 Å². The molecule has 0 saturated carbocycles. The van der Waals surface area contributed by atoms with Gasteiger partial charge < -0.3 is 5.32 Å². The normalized spacial score (nSPS) is 17.4. The number of rotatable bonds is 5. The van der Waals surface area contributed by atoms with E-state index in [9.17, 15) is 9.59 Å². The van der Waals surface area contributed by atoms with Gasteiger partial charge in [-0.05, 0) is 74.0 Å². The number of hydrogen-bond donors (Lipinski definition) is 1. The van der Waals surface area contributed by atoms with E-state index in [1.165, 1.54) is 0 Å². The summed E-state index contributed by atoms with van der Waals surface area (Å²) in [5.74, 6) is -0.449. The molecular formula is C28H28N4O2S. The fourth-order valence-corrected chi connectivity index (χ4v) is 5.49. The molecule has 1 aliphatic rings. The minimum Gasteiger partial charge on any atom is -0.350 e. The highest BCUT2D eigenvalue weighted by Crippen LogP contribution is 2.35. The standard InChI is InChI=1S/C28H28N4O2S/c1-18-7-5-8-21(12-18)16-29-27(34)28(4)17-31-24(15-23(30-31)25-9-6-10-35-25)26(33)32(28)22-13-19(2)11-20(3)14-22/h5-15H,16-17H2,1-4H3,(H,29,34)/t28-/m0/s1. The number of amides is 2. The highest BCUT2D eigenvalue weighted by Gasteiger charge is 2.49. The van der Waals surface area contributed by atoms with E-state index in [2.05, 4.69) is 17.4 Å². The van der Waals surface area contributed by atoms with Crippen LogP contribution in [0, 0.1) is 20.8 Å². The maximum atomic E-state index is 14.0. The largest absolute Gasteiger partial charge is 0.350 e. The first-order valence-corrected chi connectivity index (χ1v) is 12.5. The van der Waals surface area contributed by atoms with E-state index in [1.54, 1.807) is 20.9 Å². The maximum absolute atomic E-state index is 14.0. The fraction of sp³-hybridized carbons (Fsp3) is 0.250. The Morgan fingerprint density at radius 1 is 1.03 bits per heavy atom. The van der Waals surface area contributed by atoms with Crippen LogP contribution in [0.1, 0.15) is 39.7 Å². The van der Waals surface area contributed by atoms with Crippen molar-refractivity contribution in [2.75, 3.05) is 4.90 Å². The summed E-state index contributed by atoms with van der Waals surface area (Å²) in [4.78, 5) is 30.4. The number of aryl methyl sites for hydroxylation is 3. The first-order chi connectivity index (χ1) is 16.7. The molecule has 0 fully saturated rings. The van der Waals surface area contributed by atoms with Crippen molar-refractivity contribution < 1.29 is 9.59 Å². The molecule has 6 nitrogen and oxygen atoms in total. The van der Waals surface area contributed by atoms with Crippen molar-refractivity contribution >= 4 is 28.8 Å². The molecule has 1 N–H and O–H groups in total. The molecule has 5 rings (SSSR count). The average molecular weight is 485 g/mol. The van der Waals surface area contributed by atoms with Crippen LogP contribution in [0.25, 0.3) is 10.6 Å². The highest BCUT2D eigenvalue weighted by molar-refractivity contribution is 7.13. The molecule has 2 aromatic carbocycles. The van der Waals surface area contributed by atoms with Crippen LogP contribution in [0.15, 0.2) is 66.0 Å². The molecular weight excluding hydrogens is 456 g/mol. The Morgan fingerprint density at radius 2 is 1.80 bits per heavy atom. The topological polar surface area (TPSA) is 67.2 Å². The molecule has 7 heteroatoms. The lowest BCUT2D eigenvalue weighted by Crippen LogP contribution is -2.64. The fourth-order valence-electron chi connectivity index (χ4n) is 4.81. The zero-order valence-electron chi connectivity index (χ0n) is 20.3. The summed E-state index contributed by atoms with van der Waals surface area (Å²) in [5, 5.41) is 9.78. The van der Waals surface area contributed by atoms with E-state index < -0.39 is 5.54 Å². The number of hydrogen-bond acceptors (Lipinski definition) is 4. The van der Waals surface area contributed by atoms with Crippen molar-refractivity contribution in [2.45, 2.75) is 46.3 Å². The molecule has 1 aliphatic heterocycles. The lowest BCUT2D eigenvalue weighted by Gasteiger charge is -2.43. The zero-order valence-corrected chi connectivity index (χ0v) is 21.1. The molecule has 0 bridgehead atoms. The van der Waals surface area contributed by atoms with Crippen molar-refractivity contribution in [3.63, 3.8) is 0 Å². The number of fused-ring (bicyclic) bond motifs is 1. The van der Waals surface area contributed by atoms with Crippen LogP contribution in [0.2, 0.25) is 0 Å². The zero-order chi connectivity index (χ0) is 24.7. The predicted octanol–water partition coefficient (Wildman–Crippen LogP) is 5.27. The van der Waals surface area contributed by atoms with Crippen molar-refractivity contribution in [1.29, 1.82) is 0 Å². The second-order valence-electron chi connectivity index (χ2n) is 9.48. The van der Waals surface area contributed by atoms with E-state index in [1.807, 2.05) is 81.6 Å². The number of carbonyl (C=O) groups excluding carboxylic acids is 2. The Bertz CT molecular complexity index is 1400. The minimum absolute atomic E-state index is 0.217. The van der Waals surface area contributed by atoms with Gasteiger partial charge in [-0.1, -0.05) is 42.0 Å². The molecule has 2 aromatic heterocycles. The van der Waals surface area contributed by atoms with Gasteiger partial charge in [0.05, 0.1) is 11.4 Å². The van der Waals surface area contributed by atoms with Crippen LogP contribution in [0.3, 0.4) is 0 Å². The number of nitrogens with zero attached hydrogens (tertiary/aromatic N) is 3. The van der Waals surface area contributed by atoms with Crippen molar-refractivity contribution in [2.24, 2.45) is 0 Å². The molecule has 1 atom stereocenters. The summed E-state index contributed by atoms with van der Waals surface area (Å²) >= 11 is 1.57. The van der Waals surface area contributed by atoms with E-state index in [4.69, 9.17) is 5.10 Å². The smallest absolute Gasteiger partial charge is 0.277 e. The van der Waals surface area contributed by atoms with Gasteiger partial charge in [-0.2, -0.15) is 5.10 Å². The number of benzene rings is 2. The summed E-state index contributed by atoms with van der Waals surface area (Å²) in [6.07, 6.45) is 0. The average Bonchev–Trinajstić information content (AvgIpc) is 3.47. The van der Waals surface area contributed by atoms with E-state index in [-0.39, 0.29) is 18.4 Å². The summed E-state index contributed by atoms with van der Waals surface area (Å²) in [5.41, 5.74) is 5.00. The van der Waals surface area contributed by atoms with Crippen LogP contribution < -0.4 is 10.2 Å². The van der Waals surface area contributed by atoms with Crippen LogP contribution in [0.4, 0.5) is 5.69 Å². The van der Waals surface area contributed by atoms with Crippen molar-refractivity contribution in [3.05, 3.63) is 94.0 Å². The van der Waals surface area contributed by atoms with Crippen molar-refractivity contribution in [1.82, 2.24) is 15.1 Å².